The number of nitrogens with two attached hydrogens (primary N) is 1. The van der Waals surface area contributed by atoms with Crippen LogP contribution in [0.5, 0.6) is 0 Å². The Labute approximate surface area is 175 Å². The Morgan fingerprint density at radius 1 is 1.28 bits per heavy atom. The average molecular weight is 399 g/mol. The van der Waals surface area contributed by atoms with Gasteiger partial charge in [-0.2, -0.15) is 0 Å². The van der Waals surface area contributed by atoms with Gasteiger partial charge < -0.3 is 20.9 Å². The molecule has 1 fully saturated rings. The minimum absolute atomic E-state index is 0. The number of likely N-dealkylation sites (N-methyl/N-ethyl adjacent to an activating group) is 1. The van der Waals surface area contributed by atoms with Gasteiger partial charge in [0.05, 0.1) is 5.82 Å². The van der Waals surface area contributed by atoms with Crippen molar-refractivity contribution in [2.75, 3.05) is 39.1 Å². The van der Waals surface area contributed by atoms with Crippen LogP contribution in [-0.4, -0.2) is 45.2 Å². The zero-order valence-corrected chi connectivity index (χ0v) is 18.2. The predicted molar refractivity (Wildman–Crippen MR) is 124 cm³/mol. The Balaban J connectivity index is 0.00000320. The van der Waals surface area contributed by atoms with Crippen LogP contribution in [0.2, 0.25) is 0 Å². The first-order valence-corrected chi connectivity index (χ1v) is 10.3. The summed E-state index contributed by atoms with van der Waals surface area (Å²) in [5, 5.41) is 3.01. The zero-order chi connectivity index (χ0) is 21.1. The standard InChI is InChI=1S/C24H33FN4.H2/c1-16-8-6-10-21(25)24(16)18-12-17(2)20(14-23(26)27-3)22(13-18)29-11-7-9-19(15-29)28(4)5;/h6,8,10,12-14,19,27H,7,9,11,15,26H2,1-5H3;1H/b23-14+;. The van der Waals surface area contributed by atoms with Crippen molar-refractivity contribution in [3.8, 4) is 11.1 Å². The second kappa shape index (κ2) is 8.87. The second-order valence-electron chi connectivity index (χ2n) is 8.21. The van der Waals surface area contributed by atoms with Crippen LogP contribution in [-0.2, 0) is 0 Å². The molecule has 3 N–H and O–H groups in total. The minimum Gasteiger partial charge on any atom is -0.386 e. The van der Waals surface area contributed by atoms with E-state index in [1.807, 2.05) is 26.1 Å². The summed E-state index contributed by atoms with van der Waals surface area (Å²) in [6.45, 7) is 5.98. The van der Waals surface area contributed by atoms with Crippen molar-refractivity contribution in [3.05, 3.63) is 58.7 Å². The summed E-state index contributed by atoms with van der Waals surface area (Å²) in [6, 6.07) is 9.96. The summed E-state index contributed by atoms with van der Waals surface area (Å²) >= 11 is 0. The minimum atomic E-state index is -0.182. The molecule has 0 aromatic heterocycles. The summed E-state index contributed by atoms with van der Waals surface area (Å²) in [7, 11) is 6.09. The van der Waals surface area contributed by atoms with Crippen molar-refractivity contribution in [3.63, 3.8) is 0 Å². The van der Waals surface area contributed by atoms with Gasteiger partial charge in [-0.25, -0.2) is 4.39 Å². The van der Waals surface area contributed by atoms with Crippen molar-refractivity contribution in [1.82, 2.24) is 10.2 Å². The van der Waals surface area contributed by atoms with Crippen LogP contribution in [0, 0.1) is 19.7 Å². The Morgan fingerprint density at radius 3 is 2.69 bits per heavy atom. The van der Waals surface area contributed by atoms with Crippen LogP contribution in [0.25, 0.3) is 17.2 Å². The largest absolute Gasteiger partial charge is 0.386 e. The Bertz CT molecular complexity index is 890. The summed E-state index contributed by atoms with van der Waals surface area (Å²) in [4.78, 5) is 4.72. The number of nitrogens with zero attached hydrogens (tertiary/aromatic N) is 2. The van der Waals surface area contributed by atoms with Crippen LogP contribution in [0.4, 0.5) is 10.1 Å². The topological polar surface area (TPSA) is 44.5 Å². The number of hydrogen-bond donors (Lipinski definition) is 2. The number of halogens is 1. The molecule has 2 aromatic carbocycles. The fraction of sp³-hybridized carbons (Fsp3) is 0.417. The smallest absolute Gasteiger partial charge is 0.131 e. The van der Waals surface area contributed by atoms with Gasteiger partial charge in [0.2, 0.25) is 0 Å². The highest BCUT2D eigenvalue weighted by Crippen LogP contribution is 2.36. The van der Waals surface area contributed by atoms with E-state index >= 15 is 0 Å². The third kappa shape index (κ3) is 4.56. The highest BCUT2D eigenvalue weighted by molar-refractivity contribution is 5.80. The molecule has 4 nitrogen and oxygen atoms in total. The molecule has 1 saturated heterocycles. The monoisotopic (exact) mass is 398 g/mol. The third-order valence-corrected chi connectivity index (χ3v) is 5.93. The quantitative estimate of drug-likeness (QED) is 0.785. The summed E-state index contributed by atoms with van der Waals surface area (Å²) in [5.41, 5.74) is 11.9. The van der Waals surface area contributed by atoms with Crippen LogP contribution in [0.15, 0.2) is 36.2 Å². The van der Waals surface area contributed by atoms with E-state index in [1.54, 1.807) is 6.07 Å². The van der Waals surface area contributed by atoms with Gasteiger partial charge in [-0.05, 0) is 75.7 Å². The maximum Gasteiger partial charge on any atom is 0.131 e. The SMILES string of the molecule is CN/C(N)=C/c1c(C)cc(-c2c(C)cccc2F)cc1N1CCCC(N(C)C)C1.[HH]. The zero-order valence-electron chi connectivity index (χ0n) is 18.2. The normalized spacial score (nSPS) is 17.7. The lowest BCUT2D eigenvalue weighted by molar-refractivity contribution is 0.258. The van der Waals surface area contributed by atoms with E-state index in [0.29, 0.717) is 17.4 Å². The molecule has 29 heavy (non-hydrogen) atoms. The van der Waals surface area contributed by atoms with Crippen LogP contribution in [0.3, 0.4) is 0 Å². The fourth-order valence-electron chi connectivity index (χ4n) is 4.19. The van der Waals surface area contributed by atoms with Gasteiger partial charge in [0.15, 0.2) is 0 Å². The number of rotatable bonds is 5. The number of hydrogen-bond acceptors (Lipinski definition) is 4. The Morgan fingerprint density at radius 2 is 2.03 bits per heavy atom. The maximum absolute atomic E-state index is 14.7. The van der Waals surface area contributed by atoms with Crippen molar-refractivity contribution in [2.45, 2.75) is 32.7 Å². The molecule has 0 aliphatic carbocycles. The molecule has 0 radical (unpaired) electrons. The van der Waals surface area contributed by atoms with Gasteiger partial charge in [0.1, 0.15) is 5.82 Å². The molecule has 2 aromatic rings. The predicted octanol–water partition coefficient (Wildman–Crippen LogP) is 4.36. The summed E-state index contributed by atoms with van der Waals surface area (Å²) in [5.74, 6) is 0.434. The first-order chi connectivity index (χ1) is 13.8. The highest BCUT2D eigenvalue weighted by Gasteiger charge is 2.24. The maximum atomic E-state index is 14.7. The Hall–Kier alpha value is -2.53. The van der Waals surface area contributed by atoms with Gasteiger partial charge in [-0.3, -0.25) is 0 Å². The van der Waals surface area contributed by atoms with Gasteiger partial charge in [0.25, 0.3) is 0 Å². The van der Waals surface area contributed by atoms with E-state index in [0.717, 1.165) is 47.5 Å². The second-order valence-corrected chi connectivity index (χ2v) is 8.21. The molecule has 5 heteroatoms. The molecule has 1 heterocycles. The van der Waals surface area contributed by atoms with E-state index in [2.05, 4.69) is 48.3 Å². The van der Waals surface area contributed by atoms with E-state index < -0.39 is 0 Å². The van der Waals surface area contributed by atoms with Crippen molar-refractivity contribution >= 4 is 11.8 Å². The first kappa shape index (κ1) is 21.2. The number of aryl methyl sites for hydroxylation is 2. The van der Waals surface area contributed by atoms with Crippen LogP contribution < -0.4 is 16.0 Å². The van der Waals surface area contributed by atoms with Crippen LogP contribution in [0.1, 0.15) is 31.0 Å². The van der Waals surface area contributed by atoms with Crippen LogP contribution >= 0.6 is 0 Å². The molecule has 1 unspecified atom stereocenters. The van der Waals surface area contributed by atoms with E-state index in [4.69, 9.17) is 5.73 Å². The molecule has 1 aliphatic heterocycles. The van der Waals surface area contributed by atoms with Crippen molar-refractivity contribution in [2.24, 2.45) is 5.73 Å². The number of nitrogens with one attached hydrogen (secondary N) is 1. The number of piperidine rings is 1. The molecular formula is C24H35FN4. The fourth-order valence-corrected chi connectivity index (χ4v) is 4.19. The lowest BCUT2D eigenvalue weighted by Gasteiger charge is -2.38. The molecule has 1 atom stereocenters. The van der Waals surface area contributed by atoms with Gasteiger partial charge >= 0.3 is 0 Å². The van der Waals surface area contributed by atoms with Crippen molar-refractivity contribution in [1.29, 1.82) is 0 Å². The molecule has 3 rings (SSSR count). The molecule has 0 amide bonds. The van der Waals surface area contributed by atoms with E-state index in [-0.39, 0.29) is 7.24 Å². The summed E-state index contributed by atoms with van der Waals surface area (Å²) in [6.07, 6.45) is 4.32. The van der Waals surface area contributed by atoms with E-state index in [9.17, 15) is 4.39 Å². The molecule has 0 bridgehead atoms. The average Bonchev–Trinajstić information content (AvgIpc) is 2.69. The highest BCUT2D eigenvalue weighted by atomic mass is 19.1. The third-order valence-electron chi connectivity index (χ3n) is 5.93. The summed E-state index contributed by atoms with van der Waals surface area (Å²) < 4.78 is 14.7. The molecule has 158 valence electrons. The lowest BCUT2D eigenvalue weighted by Crippen LogP contribution is -2.45. The molecular weight excluding hydrogens is 363 g/mol. The number of benzene rings is 2. The molecule has 1 aliphatic rings. The molecule has 0 saturated carbocycles. The lowest BCUT2D eigenvalue weighted by atomic mass is 9.93. The Kier molecular flexibility index (Phi) is 6.48. The molecule has 0 spiro atoms. The van der Waals surface area contributed by atoms with Gasteiger partial charge in [0, 0.05) is 44.4 Å². The number of anilines is 1. The van der Waals surface area contributed by atoms with Gasteiger partial charge in [-0.15, -0.1) is 0 Å². The van der Waals surface area contributed by atoms with E-state index in [1.165, 1.54) is 12.5 Å². The first-order valence-electron chi connectivity index (χ1n) is 10.3. The van der Waals surface area contributed by atoms with Gasteiger partial charge in [-0.1, -0.05) is 18.2 Å². The van der Waals surface area contributed by atoms with Crippen molar-refractivity contribution < 1.29 is 5.82 Å².